The molecule has 2 atom stereocenters. The molecule has 0 aliphatic carbocycles. The van der Waals surface area contributed by atoms with Gasteiger partial charge in [-0.3, -0.25) is 9.36 Å². The van der Waals surface area contributed by atoms with Crippen molar-refractivity contribution in [2.75, 3.05) is 19.7 Å². The summed E-state index contributed by atoms with van der Waals surface area (Å²) in [6.07, 6.45) is 1.92. The van der Waals surface area contributed by atoms with Crippen LogP contribution in [0.3, 0.4) is 0 Å². The van der Waals surface area contributed by atoms with Crippen molar-refractivity contribution in [3.8, 4) is 5.69 Å². The van der Waals surface area contributed by atoms with E-state index in [2.05, 4.69) is 36.3 Å². The summed E-state index contributed by atoms with van der Waals surface area (Å²) in [4.78, 5) is 13.4. The maximum absolute atomic E-state index is 12.1. The van der Waals surface area contributed by atoms with E-state index in [9.17, 15) is 4.79 Å². The lowest BCUT2D eigenvalue weighted by Crippen LogP contribution is -3.13. The Morgan fingerprint density at radius 2 is 2.08 bits per heavy atom. The molecule has 1 aliphatic heterocycles. The fraction of sp³-hybridized carbons (Fsp3) is 0.526. The first-order valence-corrected chi connectivity index (χ1v) is 9.64. The van der Waals surface area contributed by atoms with E-state index in [-0.39, 0.29) is 11.9 Å². The van der Waals surface area contributed by atoms with Gasteiger partial charge >= 0.3 is 5.97 Å². The molecule has 26 heavy (non-hydrogen) atoms. The van der Waals surface area contributed by atoms with E-state index in [4.69, 9.17) is 17.0 Å². The second-order valence-electron chi connectivity index (χ2n) is 6.95. The zero-order chi connectivity index (χ0) is 18.7. The number of likely N-dealkylation sites (tertiary alicyclic amines) is 1. The van der Waals surface area contributed by atoms with Gasteiger partial charge in [0.15, 0.2) is 6.67 Å². The molecular formula is C19H27N4O2S+. The molecule has 1 unspecified atom stereocenters. The topological polar surface area (TPSA) is 53.5 Å². The van der Waals surface area contributed by atoms with Crippen molar-refractivity contribution in [3.63, 3.8) is 0 Å². The average molecular weight is 376 g/mol. The number of carbonyl (C=O) groups excluding carboxylic acids is 1. The molecule has 1 fully saturated rings. The van der Waals surface area contributed by atoms with Gasteiger partial charge in [0.2, 0.25) is 4.77 Å². The van der Waals surface area contributed by atoms with Crippen LogP contribution in [0.5, 0.6) is 0 Å². The fourth-order valence-electron chi connectivity index (χ4n) is 3.58. The van der Waals surface area contributed by atoms with Gasteiger partial charge in [-0.15, -0.1) is 0 Å². The monoisotopic (exact) mass is 375 g/mol. The number of carbonyl (C=O) groups is 1. The number of ether oxygens (including phenoxy) is 1. The van der Waals surface area contributed by atoms with E-state index >= 15 is 0 Å². The van der Waals surface area contributed by atoms with Crippen molar-refractivity contribution >= 4 is 18.2 Å². The second-order valence-corrected chi connectivity index (χ2v) is 7.32. The van der Waals surface area contributed by atoms with E-state index in [1.165, 1.54) is 10.5 Å². The number of quaternary nitrogens is 1. The molecule has 1 saturated heterocycles. The van der Waals surface area contributed by atoms with Crippen molar-refractivity contribution in [2.24, 2.45) is 5.92 Å². The predicted molar refractivity (Wildman–Crippen MR) is 102 cm³/mol. The highest BCUT2D eigenvalue weighted by Crippen LogP contribution is 2.13. The highest BCUT2D eigenvalue weighted by atomic mass is 32.1. The molecular weight excluding hydrogens is 348 g/mol. The summed E-state index contributed by atoms with van der Waals surface area (Å²) in [6.45, 7) is 8.80. The van der Waals surface area contributed by atoms with Gasteiger partial charge in [-0.25, -0.2) is 0 Å². The lowest BCUT2D eigenvalue weighted by molar-refractivity contribution is -0.930. The van der Waals surface area contributed by atoms with Crippen LogP contribution in [0.15, 0.2) is 24.3 Å². The summed E-state index contributed by atoms with van der Waals surface area (Å²) in [5, 5.41) is 4.65. The smallest absolute Gasteiger partial charge is 0.314 e. The molecule has 2 heterocycles. The van der Waals surface area contributed by atoms with Crippen LogP contribution in [-0.2, 0) is 16.2 Å². The minimum absolute atomic E-state index is 0.0202. The lowest BCUT2D eigenvalue weighted by Gasteiger charge is -2.28. The van der Waals surface area contributed by atoms with Crippen LogP contribution < -0.4 is 4.90 Å². The van der Waals surface area contributed by atoms with Crippen LogP contribution >= 0.6 is 12.2 Å². The van der Waals surface area contributed by atoms with Gasteiger partial charge in [-0.05, 0) is 58.0 Å². The summed E-state index contributed by atoms with van der Waals surface area (Å²) in [7, 11) is 0. The normalized spacial score (nSPS) is 20.1. The lowest BCUT2D eigenvalue weighted by atomic mass is 9.99. The van der Waals surface area contributed by atoms with Gasteiger partial charge < -0.3 is 9.64 Å². The van der Waals surface area contributed by atoms with Crippen molar-refractivity contribution in [1.29, 1.82) is 0 Å². The number of benzene rings is 1. The molecule has 1 aliphatic rings. The third-order valence-corrected chi connectivity index (χ3v) is 5.30. The van der Waals surface area contributed by atoms with E-state index in [1.807, 2.05) is 23.1 Å². The zero-order valence-corrected chi connectivity index (χ0v) is 16.5. The molecule has 7 heteroatoms. The maximum Gasteiger partial charge on any atom is 0.314 e. The molecule has 6 nitrogen and oxygen atoms in total. The summed E-state index contributed by atoms with van der Waals surface area (Å²) in [5.41, 5.74) is 2.25. The van der Waals surface area contributed by atoms with E-state index in [1.54, 1.807) is 0 Å². The molecule has 1 aromatic carbocycles. The molecule has 0 bridgehead atoms. The molecule has 0 amide bonds. The number of hydrogen-bond acceptors (Lipinski definition) is 4. The number of rotatable bonds is 5. The maximum atomic E-state index is 12.1. The van der Waals surface area contributed by atoms with Gasteiger partial charge in [0, 0.05) is 5.69 Å². The Bertz CT molecular complexity index is 825. The van der Waals surface area contributed by atoms with Crippen LogP contribution in [0.4, 0.5) is 0 Å². The van der Waals surface area contributed by atoms with Crippen LogP contribution in [0.1, 0.15) is 31.2 Å². The number of nitrogens with zero attached hydrogens (tertiary/aromatic N) is 3. The predicted octanol–water partition coefficient (Wildman–Crippen LogP) is 1.84. The SMILES string of the molecule is CCOC(=O)[C@H]1CCC[NH+](Cn2nc(C)n(-c3ccc(C)cc3)c2=S)C1. The minimum atomic E-state index is -0.0744. The molecule has 140 valence electrons. The summed E-state index contributed by atoms with van der Waals surface area (Å²) >= 11 is 5.68. The first-order valence-electron chi connectivity index (χ1n) is 9.23. The molecule has 0 radical (unpaired) electrons. The molecule has 3 rings (SSSR count). The van der Waals surface area contributed by atoms with Gasteiger partial charge in [-0.2, -0.15) is 9.78 Å². The molecule has 1 N–H and O–H groups in total. The van der Waals surface area contributed by atoms with Crippen LogP contribution in [-0.4, -0.2) is 40.0 Å². The van der Waals surface area contributed by atoms with Crippen LogP contribution in [0.2, 0.25) is 0 Å². The third kappa shape index (κ3) is 4.04. The number of aryl methyl sites for hydroxylation is 2. The largest absolute Gasteiger partial charge is 0.466 e. The number of aromatic nitrogens is 3. The van der Waals surface area contributed by atoms with E-state index < -0.39 is 0 Å². The number of hydrogen-bond donors (Lipinski definition) is 1. The quantitative estimate of drug-likeness (QED) is 0.640. The van der Waals surface area contributed by atoms with E-state index in [0.717, 1.165) is 37.4 Å². The Hall–Kier alpha value is -1.99. The summed E-state index contributed by atoms with van der Waals surface area (Å²) in [6, 6.07) is 8.28. The molecule has 0 saturated carbocycles. The first kappa shape index (κ1) is 18.8. The molecule has 2 aromatic rings. The van der Waals surface area contributed by atoms with Gasteiger partial charge in [0.1, 0.15) is 11.7 Å². The van der Waals surface area contributed by atoms with E-state index in [0.29, 0.717) is 18.0 Å². The first-order chi connectivity index (χ1) is 12.5. The van der Waals surface area contributed by atoms with Crippen LogP contribution in [0.25, 0.3) is 5.69 Å². The van der Waals surface area contributed by atoms with Crippen molar-refractivity contribution in [1.82, 2.24) is 14.3 Å². The Balaban J connectivity index is 1.76. The highest BCUT2D eigenvalue weighted by Gasteiger charge is 2.30. The molecule has 1 aromatic heterocycles. The van der Waals surface area contributed by atoms with Crippen LogP contribution in [0, 0.1) is 24.5 Å². The second kappa shape index (κ2) is 8.14. The Labute approximate surface area is 159 Å². The minimum Gasteiger partial charge on any atom is -0.466 e. The Morgan fingerprint density at radius 1 is 1.35 bits per heavy atom. The van der Waals surface area contributed by atoms with Gasteiger partial charge in [0.05, 0.1) is 19.7 Å². The zero-order valence-electron chi connectivity index (χ0n) is 15.7. The number of esters is 1. The fourth-order valence-corrected chi connectivity index (χ4v) is 3.92. The summed E-state index contributed by atoms with van der Waals surface area (Å²) in [5.74, 6) is 0.778. The van der Waals surface area contributed by atoms with Crippen molar-refractivity contribution in [2.45, 2.75) is 40.3 Å². The Morgan fingerprint density at radius 3 is 2.77 bits per heavy atom. The number of nitrogens with one attached hydrogen (secondary N) is 1. The molecule has 0 spiro atoms. The van der Waals surface area contributed by atoms with Gasteiger partial charge in [0.25, 0.3) is 0 Å². The third-order valence-electron chi connectivity index (χ3n) is 4.90. The standard InChI is InChI=1S/C19H26N4O2S/c1-4-25-18(24)16-6-5-11-21(12-16)13-22-19(26)23(15(3)20-22)17-9-7-14(2)8-10-17/h7-10,16H,4-6,11-13H2,1-3H3/p+1/t16-/m0/s1. The van der Waals surface area contributed by atoms with Crippen molar-refractivity contribution in [3.05, 3.63) is 40.4 Å². The Kier molecular flexibility index (Phi) is 5.88. The highest BCUT2D eigenvalue weighted by molar-refractivity contribution is 7.71. The average Bonchev–Trinajstić information content (AvgIpc) is 2.90. The number of piperidine rings is 1. The summed E-state index contributed by atoms with van der Waals surface area (Å²) < 4.78 is 9.77. The van der Waals surface area contributed by atoms with Gasteiger partial charge in [-0.1, -0.05) is 17.7 Å². The van der Waals surface area contributed by atoms with Crippen molar-refractivity contribution < 1.29 is 14.4 Å².